The monoisotopic (exact) mass is 267 g/mol. The number of anilines is 1. The van der Waals surface area contributed by atoms with Crippen molar-refractivity contribution in [2.24, 2.45) is 0 Å². The Kier molecular flexibility index (Phi) is 5.18. The molecule has 5 nitrogen and oxygen atoms in total. The SMILES string of the molecule is COC(=O)c1cc(N)ccc1OCCC(C)(C)OC. The summed E-state index contributed by atoms with van der Waals surface area (Å²) in [6, 6.07) is 4.90. The maximum atomic E-state index is 11.6. The van der Waals surface area contributed by atoms with Crippen LogP contribution in [0, 0.1) is 0 Å². The third kappa shape index (κ3) is 4.44. The predicted molar refractivity (Wildman–Crippen MR) is 73.4 cm³/mol. The smallest absolute Gasteiger partial charge is 0.341 e. The summed E-state index contributed by atoms with van der Waals surface area (Å²) in [5.74, 6) is 0.00116. The summed E-state index contributed by atoms with van der Waals surface area (Å²) in [5.41, 5.74) is 6.21. The van der Waals surface area contributed by atoms with E-state index in [0.717, 1.165) is 0 Å². The van der Waals surface area contributed by atoms with Crippen LogP contribution in [0.1, 0.15) is 30.6 Å². The lowest BCUT2D eigenvalue weighted by Gasteiger charge is -2.23. The number of carbonyl (C=O) groups excluding carboxylic acids is 1. The third-order valence-corrected chi connectivity index (χ3v) is 2.92. The van der Waals surface area contributed by atoms with Crippen LogP contribution >= 0.6 is 0 Å². The molecule has 0 spiro atoms. The topological polar surface area (TPSA) is 70.8 Å². The van der Waals surface area contributed by atoms with E-state index in [4.69, 9.17) is 19.9 Å². The second kappa shape index (κ2) is 6.43. The van der Waals surface area contributed by atoms with Crippen molar-refractivity contribution in [2.45, 2.75) is 25.9 Å². The highest BCUT2D eigenvalue weighted by atomic mass is 16.5. The molecule has 0 radical (unpaired) electrons. The van der Waals surface area contributed by atoms with Crippen LogP contribution in [-0.2, 0) is 9.47 Å². The molecule has 106 valence electrons. The Labute approximate surface area is 113 Å². The fourth-order valence-electron chi connectivity index (χ4n) is 1.45. The average molecular weight is 267 g/mol. The van der Waals surface area contributed by atoms with E-state index in [1.807, 2.05) is 13.8 Å². The van der Waals surface area contributed by atoms with Crippen LogP contribution in [-0.4, -0.2) is 32.4 Å². The predicted octanol–water partition coefficient (Wildman–Crippen LogP) is 2.25. The first-order chi connectivity index (χ1) is 8.89. The largest absolute Gasteiger partial charge is 0.493 e. The van der Waals surface area contributed by atoms with E-state index in [0.29, 0.717) is 30.0 Å². The molecule has 5 heteroatoms. The molecule has 0 saturated heterocycles. The zero-order valence-electron chi connectivity index (χ0n) is 11.9. The van der Waals surface area contributed by atoms with Gasteiger partial charge >= 0.3 is 5.97 Å². The summed E-state index contributed by atoms with van der Waals surface area (Å²) in [6.45, 7) is 4.38. The highest BCUT2D eigenvalue weighted by Crippen LogP contribution is 2.23. The quantitative estimate of drug-likeness (QED) is 0.632. The summed E-state index contributed by atoms with van der Waals surface area (Å²) in [4.78, 5) is 11.6. The van der Waals surface area contributed by atoms with E-state index in [1.54, 1.807) is 25.3 Å². The lowest BCUT2D eigenvalue weighted by atomic mass is 10.1. The molecular formula is C14H21NO4. The van der Waals surface area contributed by atoms with Crippen LogP contribution in [0.25, 0.3) is 0 Å². The lowest BCUT2D eigenvalue weighted by Crippen LogP contribution is -2.25. The number of ether oxygens (including phenoxy) is 3. The number of rotatable bonds is 6. The Balaban J connectivity index is 2.75. The second-order valence-electron chi connectivity index (χ2n) is 4.81. The van der Waals surface area contributed by atoms with Gasteiger partial charge in [0.15, 0.2) is 0 Å². The Morgan fingerprint density at radius 3 is 2.58 bits per heavy atom. The highest BCUT2D eigenvalue weighted by molar-refractivity contribution is 5.93. The zero-order chi connectivity index (χ0) is 14.5. The average Bonchev–Trinajstić information content (AvgIpc) is 2.39. The molecule has 0 bridgehead atoms. The van der Waals surface area contributed by atoms with Crippen molar-refractivity contribution in [3.05, 3.63) is 23.8 Å². The van der Waals surface area contributed by atoms with E-state index in [2.05, 4.69) is 0 Å². The minimum atomic E-state index is -0.465. The molecule has 0 heterocycles. The molecule has 0 aromatic heterocycles. The molecule has 1 rings (SSSR count). The van der Waals surface area contributed by atoms with E-state index in [9.17, 15) is 4.79 Å². The van der Waals surface area contributed by atoms with Crippen LogP contribution in [0.4, 0.5) is 5.69 Å². The zero-order valence-corrected chi connectivity index (χ0v) is 11.9. The number of nitrogen functional groups attached to an aromatic ring is 1. The summed E-state index contributed by atoms with van der Waals surface area (Å²) < 4.78 is 15.6. The van der Waals surface area contributed by atoms with Crippen molar-refractivity contribution < 1.29 is 19.0 Å². The summed E-state index contributed by atoms with van der Waals surface area (Å²) in [5, 5.41) is 0. The first-order valence-corrected chi connectivity index (χ1v) is 6.05. The van der Waals surface area contributed by atoms with E-state index in [1.165, 1.54) is 7.11 Å². The second-order valence-corrected chi connectivity index (χ2v) is 4.81. The number of esters is 1. The van der Waals surface area contributed by atoms with Crippen molar-refractivity contribution in [3.8, 4) is 5.75 Å². The van der Waals surface area contributed by atoms with Gasteiger partial charge in [-0.15, -0.1) is 0 Å². The van der Waals surface area contributed by atoms with Crippen molar-refractivity contribution in [3.63, 3.8) is 0 Å². The Morgan fingerprint density at radius 2 is 2.00 bits per heavy atom. The molecule has 0 fully saturated rings. The molecule has 0 aliphatic rings. The van der Waals surface area contributed by atoms with Crippen molar-refractivity contribution in [1.29, 1.82) is 0 Å². The van der Waals surface area contributed by atoms with Gasteiger partial charge in [-0.3, -0.25) is 0 Å². The number of nitrogens with two attached hydrogens (primary N) is 1. The first kappa shape index (κ1) is 15.3. The Morgan fingerprint density at radius 1 is 1.32 bits per heavy atom. The third-order valence-electron chi connectivity index (χ3n) is 2.92. The molecule has 0 saturated carbocycles. The fourth-order valence-corrected chi connectivity index (χ4v) is 1.45. The van der Waals surface area contributed by atoms with Gasteiger partial charge in [-0.2, -0.15) is 0 Å². The van der Waals surface area contributed by atoms with Gasteiger partial charge in [0.2, 0.25) is 0 Å². The molecule has 19 heavy (non-hydrogen) atoms. The van der Waals surface area contributed by atoms with Gasteiger partial charge in [0.25, 0.3) is 0 Å². The van der Waals surface area contributed by atoms with E-state index >= 15 is 0 Å². The molecule has 2 N–H and O–H groups in total. The van der Waals surface area contributed by atoms with Crippen LogP contribution in [0.3, 0.4) is 0 Å². The Hall–Kier alpha value is -1.75. The van der Waals surface area contributed by atoms with Crippen molar-refractivity contribution in [1.82, 2.24) is 0 Å². The lowest BCUT2D eigenvalue weighted by molar-refractivity contribution is 0.00535. The van der Waals surface area contributed by atoms with Gasteiger partial charge in [0.1, 0.15) is 11.3 Å². The Bertz CT molecular complexity index is 443. The van der Waals surface area contributed by atoms with Gasteiger partial charge in [-0.1, -0.05) is 0 Å². The van der Waals surface area contributed by atoms with Gasteiger partial charge in [0, 0.05) is 19.2 Å². The number of carbonyl (C=O) groups is 1. The van der Waals surface area contributed by atoms with Crippen LogP contribution in [0.5, 0.6) is 5.75 Å². The molecule has 1 aromatic rings. The summed E-state index contributed by atoms with van der Waals surface area (Å²) >= 11 is 0. The van der Waals surface area contributed by atoms with Gasteiger partial charge in [-0.25, -0.2) is 4.79 Å². The van der Waals surface area contributed by atoms with Gasteiger partial charge < -0.3 is 19.9 Å². The molecule has 0 aliphatic heterocycles. The standard InChI is InChI=1S/C14H21NO4/c1-14(2,18-4)7-8-19-12-6-5-10(15)9-11(12)13(16)17-3/h5-6,9H,7-8,15H2,1-4H3. The van der Waals surface area contributed by atoms with Crippen molar-refractivity contribution in [2.75, 3.05) is 26.6 Å². The molecule has 0 atom stereocenters. The van der Waals surface area contributed by atoms with E-state index in [-0.39, 0.29) is 5.60 Å². The number of hydrogen-bond donors (Lipinski definition) is 1. The van der Waals surface area contributed by atoms with E-state index < -0.39 is 5.97 Å². The number of methoxy groups -OCH3 is 2. The molecule has 0 unspecified atom stereocenters. The number of benzene rings is 1. The maximum Gasteiger partial charge on any atom is 0.341 e. The van der Waals surface area contributed by atoms with Crippen LogP contribution < -0.4 is 10.5 Å². The van der Waals surface area contributed by atoms with Crippen molar-refractivity contribution >= 4 is 11.7 Å². The van der Waals surface area contributed by atoms with Gasteiger partial charge in [-0.05, 0) is 32.0 Å². The molecule has 0 aliphatic carbocycles. The molecular weight excluding hydrogens is 246 g/mol. The fraction of sp³-hybridized carbons (Fsp3) is 0.500. The highest BCUT2D eigenvalue weighted by Gasteiger charge is 2.18. The minimum Gasteiger partial charge on any atom is -0.493 e. The normalized spacial score (nSPS) is 11.2. The summed E-state index contributed by atoms with van der Waals surface area (Å²) in [7, 11) is 2.98. The first-order valence-electron chi connectivity index (χ1n) is 6.05. The summed E-state index contributed by atoms with van der Waals surface area (Å²) in [6.07, 6.45) is 0.703. The van der Waals surface area contributed by atoms with Gasteiger partial charge in [0.05, 0.1) is 19.3 Å². The van der Waals surface area contributed by atoms with Crippen LogP contribution in [0.2, 0.25) is 0 Å². The number of hydrogen-bond acceptors (Lipinski definition) is 5. The molecule has 1 aromatic carbocycles. The molecule has 0 amide bonds. The van der Waals surface area contributed by atoms with Crippen LogP contribution in [0.15, 0.2) is 18.2 Å². The maximum absolute atomic E-state index is 11.6. The minimum absolute atomic E-state index is 0.265.